The Hall–Kier alpha value is -0.0800. The zero-order chi connectivity index (χ0) is 11.1. The van der Waals surface area contributed by atoms with Crippen LogP contribution in [-0.4, -0.2) is 25.3 Å². The summed E-state index contributed by atoms with van der Waals surface area (Å²) in [5.41, 5.74) is 0. The van der Waals surface area contributed by atoms with Crippen LogP contribution in [0.3, 0.4) is 0 Å². The van der Waals surface area contributed by atoms with Gasteiger partial charge < -0.3 is 10.1 Å². The molecule has 1 unspecified atom stereocenters. The van der Waals surface area contributed by atoms with Crippen molar-refractivity contribution in [3.8, 4) is 0 Å². The van der Waals surface area contributed by atoms with Gasteiger partial charge in [0.05, 0.1) is 6.10 Å². The molecule has 2 heteroatoms. The zero-order valence-electron chi connectivity index (χ0n) is 10.6. The minimum Gasteiger partial charge on any atom is -0.378 e. The second-order valence-corrected chi connectivity index (χ2v) is 4.66. The second kappa shape index (κ2) is 7.24. The van der Waals surface area contributed by atoms with Crippen molar-refractivity contribution in [3.05, 3.63) is 0 Å². The molecule has 1 aliphatic rings. The number of ether oxygens (including phenoxy) is 1. The average molecular weight is 213 g/mol. The summed E-state index contributed by atoms with van der Waals surface area (Å²) >= 11 is 0. The summed E-state index contributed by atoms with van der Waals surface area (Å²) < 4.78 is 5.61. The molecule has 0 aromatic heterocycles. The van der Waals surface area contributed by atoms with Crippen LogP contribution in [0.4, 0.5) is 0 Å². The molecule has 0 heterocycles. The van der Waals surface area contributed by atoms with Crippen LogP contribution in [0.5, 0.6) is 0 Å². The fraction of sp³-hybridized carbons (Fsp3) is 1.00. The Morgan fingerprint density at radius 1 is 1.20 bits per heavy atom. The van der Waals surface area contributed by atoms with Crippen LogP contribution in [0.15, 0.2) is 0 Å². The van der Waals surface area contributed by atoms with Gasteiger partial charge in [-0.15, -0.1) is 0 Å². The van der Waals surface area contributed by atoms with Gasteiger partial charge >= 0.3 is 0 Å². The lowest BCUT2D eigenvalue weighted by atomic mass is 9.75. The maximum atomic E-state index is 5.61. The summed E-state index contributed by atoms with van der Waals surface area (Å²) in [5.74, 6) is 0.869. The Morgan fingerprint density at radius 3 is 2.47 bits per heavy atom. The number of hydrogen-bond donors (Lipinski definition) is 1. The summed E-state index contributed by atoms with van der Waals surface area (Å²) in [6, 6.07) is 0.742. The first-order chi connectivity index (χ1) is 7.31. The van der Waals surface area contributed by atoms with Crippen LogP contribution in [0, 0.1) is 5.92 Å². The Bertz CT molecular complexity index is 155. The lowest BCUT2D eigenvalue weighted by Gasteiger charge is -2.40. The van der Waals surface area contributed by atoms with E-state index in [1.54, 1.807) is 0 Å². The molecule has 1 fully saturated rings. The van der Waals surface area contributed by atoms with Gasteiger partial charge in [0.25, 0.3) is 0 Å². The van der Waals surface area contributed by atoms with Gasteiger partial charge in [-0.25, -0.2) is 0 Å². The van der Waals surface area contributed by atoms with Crippen molar-refractivity contribution < 1.29 is 4.74 Å². The third kappa shape index (κ3) is 4.12. The van der Waals surface area contributed by atoms with Crippen molar-refractivity contribution in [3.63, 3.8) is 0 Å². The monoisotopic (exact) mass is 213 g/mol. The van der Waals surface area contributed by atoms with E-state index in [9.17, 15) is 0 Å². The van der Waals surface area contributed by atoms with Crippen molar-refractivity contribution in [1.82, 2.24) is 5.32 Å². The van der Waals surface area contributed by atoms with Gasteiger partial charge in [-0.2, -0.15) is 0 Å². The van der Waals surface area contributed by atoms with E-state index >= 15 is 0 Å². The van der Waals surface area contributed by atoms with E-state index < -0.39 is 0 Å². The molecule has 0 saturated heterocycles. The van der Waals surface area contributed by atoms with Crippen LogP contribution in [0.2, 0.25) is 0 Å². The van der Waals surface area contributed by atoms with Crippen molar-refractivity contribution in [2.45, 2.75) is 65.0 Å². The number of nitrogens with one attached hydrogen (secondary N) is 1. The van der Waals surface area contributed by atoms with Crippen molar-refractivity contribution in [2.75, 3.05) is 13.2 Å². The molecule has 0 spiro atoms. The largest absolute Gasteiger partial charge is 0.378 e. The van der Waals surface area contributed by atoms with Crippen molar-refractivity contribution >= 4 is 0 Å². The number of hydrogen-bond acceptors (Lipinski definition) is 2. The summed E-state index contributed by atoms with van der Waals surface area (Å²) in [7, 11) is 0. The molecule has 0 amide bonds. The molecule has 0 bridgehead atoms. The summed E-state index contributed by atoms with van der Waals surface area (Å²) in [4.78, 5) is 0. The van der Waals surface area contributed by atoms with E-state index in [-0.39, 0.29) is 0 Å². The van der Waals surface area contributed by atoms with E-state index in [1.165, 1.54) is 38.6 Å². The minimum atomic E-state index is 0.558. The normalized spacial score (nSPS) is 27.4. The molecule has 0 aromatic rings. The van der Waals surface area contributed by atoms with Crippen LogP contribution in [0.25, 0.3) is 0 Å². The van der Waals surface area contributed by atoms with Gasteiger partial charge in [0.15, 0.2) is 0 Å². The van der Waals surface area contributed by atoms with Crippen LogP contribution >= 0.6 is 0 Å². The molecule has 2 nitrogen and oxygen atoms in total. The molecule has 90 valence electrons. The van der Waals surface area contributed by atoms with E-state index in [0.717, 1.165) is 18.6 Å². The van der Waals surface area contributed by atoms with Crippen LogP contribution in [-0.2, 0) is 4.74 Å². The third-order valence-electron chi connectivity index (χ3n) is 3.36. The molecular weight excluding hydrogens is 186 g/mol. The molecule has 1 atom stereocenters. The first kappa shape index (κ1) is 13.0. The van der Waals surface area contributed by atoms with Crippen molar-refractivity contribution in [2.24, 2.45) is 5.92 Å². The maximum absolute atomic E-state index is 5.61. The Morgan fingerprint density at radius 2 is 1.93 bits per heavy atom. The summed E-state index contributed by atoms with van der Waals surface area (Å²) in [5, 5.41) is 3.68. The van der Waals surface area contributed by atoms with E-state index in [2.05, 4.69) is 26.1 Å². The molecule has 15 heavy (non-hydrogen) atoms. The van der Waals surface area contributed by atoms with Gasteiger partial charge in [-0.1, -0.05) is 20.3 Å². The average Bonchev–Trinajstić information content (AvgIpc) is 2.18. The SMILES string of the molecule is CCCNC(CCC)C1CC(OCC)C1. The third-order valence-corrected chi connectivity index (χ3v) is 3.36. The minimum absolute atomic E-state index is 0.558. The maximum Gasteiger partial charge on any atom is 0.0581 e. The lowest BCUT2D eigenvalue weighted by Crippen LogP contribution is -2.45. The lowest BCUT2D eigenvalue weighted by molar-refractivity contribution is -0.0360. The molecule has 0 radical (unpaired) electrons. The quantitative estimate of drug-likeness (QED) is 0.669. The molecule has 0 aliphatic heterocycles. The smallest absolute Gasteiger partial charge is 0.0581 e. The molecular formula is C13H27NO. The highest BCUT2D eigenvalue weighted by atomic mass is 16.5. The molecule has 1 saturated carbocycles. The fourth-order valence-electron chi connectivity index (χ4n) is 2.45. The molecule has 0 aromatic carbocycles. The Balaban J connectivity index is 2.20. The van der Waals surface area contributed by atoms with Gasteiger partial charge in [0, 0.05) is 12.6 Å². The highest BCUT2D eigenvalue weighted by Gasteiger charge is 2.34. The Labute approximate surface area is 94.8 Å². The van der Waals surface area contributed by atoms with Gasteiger partial charge in [0.1, 0.15) is 0 Å². The first-order valence-electron chi connectivity index (χ1n) is 6.66. The standard InChI is InChI=1S/C13H27NO/c1-4-7-13(14-8-5-2)11-9-12(10-11)15-6-3/h11-14H,4-10H2,1-3H3. The summed E-state index contributed by atoms with van der Waals surface area (Å²) in [6.45, 7) is 8.64. The van der Waals surface area contributed by atoms with Gasteiger partial charge in [-0.05, 0) is 45.1 Å². The highest BCUT2D eigenvalue weighted by molar-refractivity contribution is 4.88. The Kier molecular flexibility index (Phi) is 6.26. The first-order valence-corrected chi connectivity index (χ1v) is 6.66. The highest BCUT2D eigenvalue weighted by Crippen LogP contribution is 2.34. The van der Waals surface area contributed by atoms with E-state index in [4.69, 9.17) is 4.74 Å². The number of rotatable bonds is 8. The predicted molar refractivity (Wildman–Crippen MR) is 65.1 cm³/mol. The predicted octanol–water partition coefficient (Wildman–Crippen LogP) is 2.97. The summed E-state index contributed by atoms with van der Waals surface area (Å²) in [6.07, 6.45) is 6.95. The molecule has 1 N–H and O–H groups in total. The molecule has 1 aliphatic carbocycles. The molecule has 1 rings (SSSR count). The van der Waals surface area contributed by atoms with Gasteiger partial charge in [-0.3, -0.25) is 0 Å². The zero-order valence-corrected chi connectivity index (χ0v) is 10.6. The van der Waals surface area contributed by atoms with Gasteiger partial charge in [0.2, 0.25) is 0 Å². The van der Waals surface area contributed by atoms with E-state index in [0.29, 0.717) is 6.10 Å². The van der Waals surface area contributed by atoms with E-state index in [1.807, 2.05) is 0 Å². The fourth-order valence-corrected chi connectivity index (χ4v) is 2.45. The van der Waals surface area contributed by atoms with Crippen molar-refractivity contribution in [1.29, 1.82) is 0 Å². The van der Waals surface area contributed by atoms with Crippen LogP contribution < -0.4 is 5.32 Å². The second-order valence-electron chi connectivity index (χ2n) is 4.66. The van der Waals surface area contributed by atoms with Crippen LogP contribution in [0.1, 0.15) is 52.9 Å². The topological polar surface area (TPSA) is 21.3 Å².